The van der Waals surface area contributed by atoms with Crippen LogP contribution in [0.4, 0.5) is 5.69 Å². The SMILES string of the molecule is Cc1ccc(NC(=O)CSc2nc3ccccc3c(=O)n2-c2ccc(Br)cc2)c(C)c1. The van der Waals surface area contributed by atoms with E-state index in [1.807, 2.05) is 74.5 Å². The van der Waals surface area contributed by atoms with Crippen molar-refractivity contribution in [2.24, 2.45) is 0 Å². The quantitative estimate of drug-likeness (QED) is 0.294. The Labute approximate surface area is 192 Å². The van der Waals surface area contributed by atoms with Crippen LogP contribution in [0.2, 0.25) is 0 Å². The molecular weight excluding hydrogens is 474 g/mol. The number of halogens is 1. The number of rotatable bonds is 5. The highest BCUT2D eigenvalue weighted by atomic mass is 79.9. The smallest absolute Gasteiger partial charge is 0.266 e. The van der Waals surface area contributed by atoms with Crippen LogP contribution in [0.3, 0.4) is 0 Å². The first-order valence-electron chi connectivity index (χ1n) is 9.70. The fraction of sp³-hybridized carbons (Fsp3) is 0.125. The first-order valence-corrected chi connectivity index (χ1v) is 11.5. The number of anilines is 1. The van der Waals surface area contributed by atoms with Crippen molar-refractivity contribution in [1.29, 1.82) is 0 Å². The second-order valence-electron chi connectivity index (χ2n) is 7.18. The highest BCUT2D eigenvalue weighted by Gasteiger charge is 2.15. The van der Waals surface area contributed by atoms with Crippen LogP contribution in [-0.4, -0.2) is 21.2 Å². The Hall–Kier alpha value is -2.90. The third-order valence-electron chi connectivity index (χ3n) is 4.82. The molecular formula is C24H20BrN3O2S. The molecule has 0 saturated carbocycles. The van der Waals surface area contributed by atoms with Gasteiger partial charge in [0.2, 0.25) is 5.91 Å². The summed E-state index contributed by atoms with van der Waals surface area (Å²) in [5.41, 5.74) is 4.08. The zero-order valence-corrected chi connectivity index (χ0v) is 19.5. The van der Waals surface area contributed by atoms with Crippen molar-refractivity contribution in [3.8, 4) is 5.69 Å². The van der Waals surface area contributed by atoms with Crippen molar-refractivity contribution in [2.75, 3.05) is 11.1 Å². The molecule has 156 valence electrons. The summed E-state index contributed by atoms with van der Waals surface area (Å²) in [6, 6.07) is 20.6. The van der Waals surface area contributed by atoms with Gasteiger partial charge in [0.05, 0.1) is 22.3 Å². The molecule has 0 fully saturated rings. The molecule has 0 saturated heterocycles. The molecule has 0 spiro atoms. The lowest BCUT2D eigenvalue weighted by Crippen LogP contribution is -2.23. The molecule has 0 unspecified atom stereocenters. The first-order chi connectivity index (χ1) is 14.9. The summed E-state index contributed by atoms with van der Waals surface area (Å²) >= 11 is 4.66. The average Bonchev–Trinajstić information content (AvgIpc) is 2.75. The van der Waals surface area contributed by atoms with Gasteiger partial charge in [0.15, 0.2) is 5.16 Å². The van der Waals surface area contributed by atoms with Crippen molar-refractivity contribution in [1.82, 2.24) is 9.55 Å². The third kappa shape index (κ3) is 4.73. The number of thioether (sulfide) groups is 1. The minimum atomic E-state index is -0.162. The fourth-order valence-corrected chi connectivity index (χ4v) is 4.37. The van der Waals surface area contributed by atoms with Gasteiger partial charge >= 0.3 is 0 Å². The van der Waals surface area contributed by atoms with Crippen molar-refractivity contribution in [3.05, 3.63) is 92.7 Å². The van der Waals surface area contributed by atoms with E-state index in [0.717, 1.165) is 21.3 Å². The van der Waals surface area contributed by atoms with Gasteiger partial charge in [-0.1, -0.05) is 57.5 Å². The van der Waals surface area contributed by atoms with E-state index in [1.165, 1.54) is 11.8 Å². The summed E-state index contributed by atoms with van der Waals surface area (Å²) in [5.74, 6) is -0.0176. The molecule has 0 radical (unpaired) electrons. The zero-order valence-electron chi connectivity index (χ0n) is 17.1. The first kappa shape index (κ1) is 21.3. The zero-order chi connectivity index (χ0) is 22.0. The molecule has 3 aromatic carbocycles. The van der Waals surface area contributed by atoms with Gasteiger partial charge in [-0.25, -0.2) is 4.98 Å². The lowest BCUT2D eigenvalue weighted by molar-refractivity contribution is -0.113. The van der Waals surface area contributed by atoms with Gasteiger partial charge in [-0.3, -0.25) is 14.2 Å². The lowest BCUT2D eigenvalue weighted by Gasteiger charge is -2.14. The lowest BCUT2D eigenvalue weighted by atomic mass is 10.1. The molecule has 0 atom stereocenters. The fourth-order valence-electron chi connectivity index (χ4n) is 3.30. The van der Waals surface area contributed by atoms with Crippen molar-refractivity contribution < 1.29 is 4.79 Å². The number of hydrogen-bond acceptors (Lipinski definition) is 4. The minimum absolute atomic E-state index is 0.134. The second-order valence-corrected chi connectivity index (χ2v) is 9.04. The summed E-state index contributed by atoms with van der Waals surface area (Å²) in [4.78, 5) is 30.5. The van der Waals surface area contributed by atoms with Gasteiger partial charge < -0.3 is 5.32 Å². The Balaban J connectivity index is 1.66. The Morgan fingerprint density at radius 1 is 1.06 bits per heavy atom. The highest BCUT2D eigenvalue weighted by Crippen LogP contribution is 2.23. The van der Waals surface area contributed by atoms with Gasteiger partial charge in [0.1, 0.15) is 0 Å². The van der Waals surface area contributed by atoms with E-state index in [2.05, 4.69) is 26.2 Å². The molecule has 0 bridgehead atoms. The average molecular weight is 494 g/mol. The van der Waals surface area contributed by atoms with Gasteiger partial charge in [-0.2, -0.15) is 0 Å². The van der Waals surface area contributed by atoms with E-state index in [9.17, 15) is 9.59 Å². The number of nitrogens with zero attached hydrogens (tertiary/aromatic N) is 2. The summed E-state index contributed by atoms with van der Waals surface area (Å²) < 4.78 is 2.48. The number of fused-ring (bicyclic) bond motifs is 1. The maximum absolute atomic E-state index is 13.2. The number of hydrogen-bond donors (Lipinski definition) is 1. The van der Waals surface area contributed by atoms with Crippen LogP contribution >= 0.6 is 27.7 Å². The topological polar surface area (TPSA) is 64.0 Å². The standard InChI is InChI=1S/C24H20BrN3O2S/c1-15-7-12-20(16(2)13-15)26-22(29)14-31-24-27-21-6-4-3-5-19(21)23(30)28(24)18-10-8-17(25)9-11-18/h3-13H,14H2,1-2H3,(H,26,29). The largest absolute Gasteiger partial charge is 0.325 e. The molecule has 7 heteroatoms. The highest BCUT2D eigenvalue weighted by molar-refractivity contribution is 9.10. The van der Waals surface area contributed by atoms with Crippen LogP contribution in [0, 0.1) is 13.8 Å². The summed E-state index contributed by atoms with van der Waals surface area (Å²) in [6.07, 6.45) is 0. The molecule has 1 aromatic heterocycles. The van der Waals surface area contributed by atoms with Gasteiger partial charge in [0.25, 0.3) is 5.56 Å². The number of carbonyl (C=O) groups is 1. The molecule has 4 aromatic rings. The van der Waals surface area contributed by atoms with E-state index in [-0.39, 0.29) is 17.2 Å². The van der Waals surface area contributed by atoms with E-state index in [4.69, 9.17) is 0 Å². The van der Waals surface area contributed by atoms with Crippen LogP contribution in [0.5, 0.6) is 0 Å². The van der Waals surface area contributed by atoms with Crippen LogP contribution in [0.1, 0.15) is 11.1 Å². The Morgan fingerprint density at radius 3 is 2.55 bits per heavy atom. The third-order valence-corrected chi connectivity index (χ3v) is 6.29. The van der Waals surface area contributed by atoms with E-state index >= 15 is 0 Å². The predicted octanol–water partition coefficient (Wildman–Crippen LogP) is 5.50. The second kappa shape index (κ2) is 9.08. The van der Waals surface area contributed by atoms with Gasteiger partial charge in [0, 0.05) is 10.2 Å². The summed E-state index contributed by atoms with van der Waals surface area (Å²) in [5, 5.41) is 3.96. The van der Waals surface area contributed by atoms with E-state index in [1.54, 1.807) is 10.6 Å². The number of aryl methyl sites for hydroxylation is 2. The maximum atomic E-state index is 13.2. The molecule has 31 heavy (non-hydrogen) atoms. The molecule has 1 N–H and O–H groups in total. The van der Waals surface area contributed by atoms with Gasteiger partial charge in [-0.05, 0) is 61.9 Å². The van der Waals surface area contributed by atoms with Crippen molar-refractivity contribution in [3.63, 3.8) is 0 Å². The van der Waals surface area contributed by atoms with Gasteiger partial charge in [-0.15, -0.1) is 0 Å². The maximum Gasteiger partial charge on any atom is 0.266 e. The molecule has 0 aliphatic rings. The number of benzene rings is 3. The molecule has 0 aliphatic heterocycles. The van der Waals surface area contributed by atoms with Crippen molar-refractivity contribution in [2.45, 2.75) is 19.0 Å². The Morgan fingerprint density at radius 2 is 1.81 bits per heavy atom. The van der Waals surface area contributed by atoms with Crippen LogP contribution in [0.25, 0.3) is 16.6 Å². The molecule has 4 rings (SSSR count). The van der Waals surface area contributed by atoms with E-state index in [0.29, 0.717) is 21.7 Å². The number of carbonyl (C=O) groups excluding carboxylic acids is 1. The molecule has 1 heterocycles. The van der Waals surface area contributed by atoms with Crippen LogP contribution in [0.15, 0.2) is 81.2 Å². The molecule has 1 amide bonds. The number of nitrogens with one attached hydrogen (secondary N) is 1. The van der Waals surface area contributed by atoms with Crippen molar-refractivity contribution >= 4 is 50.2 Å². The number of para-hydroxylation sites is 1. The van der Waals surface area contributed by atoms with Crippen LogP contribution in [-0.2, 0) is 4.79 Å². The molecule has 0 aliphatic carbocycles. The summed E-state index contributed by atoms with van der Waals surface area (Å²) in [7, 11) is 0. The molecule has 5 nitrogen and oxygen atoms in total. The Kier molecular flexibility index (Phi) is 6.25. The normalized spacial score (nSPS) is 10.9. The monoisotopic (exact) mass is 493 g/mol. The number of aromatic nitrogens is 2. The predicted molar refractivity (Wildman–Crippen MR) is 130 cm³/mol. The van der Waals surface area contributed by atoms with Crippen LogP contribution < -0.4 is 10.9 Å². The Bertz CT molecular complexity index is 1330. The summed E-state index contributed by atoms with van der Waals surface area (Å²) in [6.45, 7) is 3.98. The minimum Gasteiger partial charge on any atom is -0.325 e. The van der Waals surface area contributed by atoms with E-state index < -0.39 is 0 Å². The number of amides is 1.